The van der Waals surface area contributed by atoms with Gasteiger partial charge >= 0.3 is 5.69 Å². The van der Waals surface area contributed by atoms with Crippen LogP contribution in [0.1, 0.15) is 25.3 Å². The van der Waals surface area contributed by atoms with Crippen LogP contribution in [0.15, 0.2) is 36.4 Å². The molecule has 0 aliphatic rings. The quantitative estimate of drug-likeness (QED) is 0.656. The second-order valence-electron chi connectivity index (χ2n) is 4.76. The second kappa shape index (κ2) is 5.56. The summed E-state index contributed by atoms with van der Waals surface area (Å²) in [6.07, 6.45) is 0. The van der Waals surface area contributed by atoms with Crippen molar-refractivity contribution < 1.29 is 4.92 Å². The van der Waals surface area contributed by atoms with E-state index in [0.717, 1.165) is 5.69 Å². The van der Waals surface area contributed by atoms with Gasteiger partial charge in [0.2, 0.25) is 5.82 Å². The largest absolute Gasteiger partial charge is 0.384 e. The van der Waals surface area contributed by atoms with Gasteiger partial charge in [0, 0.05) is 11.8 Å². The Hall–Kier alpha value is -2.63. The third-order valence-corrected chi connectivity index (χ3v) is 2.93. The Morgan fingerprint density at radius 2 is 1.85 bits per heavy atom. The summed E-state index contributed by atoms with van der Waals surface area (Å²) < 4.78 is 0. The van der Waals surface area contributed by atoms with Crippen molar-refractivity contribution in [1.29, 1.82) is 0 Å². The first-order chi connectivity index (χ1) is 9.47. The first-order valence-electron chi connectivity index (χ1n) is 6.25. The SMILES string of the molecule is CC(C)c1ccc(Nc2nc(N)ccc2[N+](=O)[O-])cc1. The van der Waals surface area contributed by atoms with Crippen molar-refractivity contribution in [3.8, 4) is 0 Å². The molecule has 0 saturated carbocycles. The molecule has 0 aliphatic heterocycles. The summed E-state index contributed by atoms with van der Waals surface area (Å²) in [6.45, 7) is 4.21. The lowest BCUT2D eigenvalue weighted by molar-refractivity contribution is -0.384. The number of pyridine rings is 1. The van der Waals surface area contributed by atoms with Crippen LogP contribution >= 0.6 is 0 Å². The number of nitrogen functional groups attached to an aromatic ring is 1. The van der Waals surface area contributed by atoms with Gasteiger partial charge in [-0.05, 0) is 29.7 Å². The van der Waals surface area contributed by atoms with E-state index in [-0.39, 0.29) is 17.3 Å². The lowest BCUT2D eigenvalue weighted by Gasteiger charge is -2.09. The lowest BCUT2D eigenvalue weighted by Crippen LogP contribution is -2.02. The van der Waals surface area contributed by atoms with E-state index in [0.29, 0.717) is 5.92 Å². The predicted octanol–water partition coefficient (Wildman–Crippen LogP) is 3.44. The molecular formula is C14H16N4O2. The van der Waals surface area contributed by atoms with Gasteiger partial charge in [-0.25, -0.2) is 4.98 Å². The smallest absolute Gasteiger partial charge is 0.311 e. The molecule has 20 heavy (non-hydrogen) atoms. The number of hydrogen-bond donors (Lipinski definition) is 2. The molecule has 0 fully saturated rings. The van der Waals surface area contributed by atoms with Gasteiger partial charge in [0.1, 0.15) is 5.82 Å². The fourth-order valence-electron chi connectivity index (χ4n) is 1.79. The molecule has 1 aromatic carbocycles. The summed E-state index contributed by atoms with van der Waals surface area (Å²) in [6, 6.07) is 10.4. The average molecular weight is 272 g/mol. The molecule has 1 aromatic heterocycles. The standard InChI is InChI=1S/C14H16N4O2/c1-9(2)10-3-5-11(6-4-10)16-14-12(18(19)20)7-8-13(15)17-14/h3-9H,1-2H3,(H3,15,16,17). The summed E-state index contributed by atoms with van der Waals surface area (Å²) >= 11 is 0. The molecule has 0 amide bonds. The van der Waals surface area contributed by atoms with Crippen molar-refractivity contribution in [2.45, 2.75) is 19.8 Å². The van der Waals surface area contributed by atoms with Crippen LogP contribution < -0.4 is 11.1 Å². The van der Waals surface area contributed by atoms with Crippen LogP contribution in [0.4, 0.5) is 23.0 Å². The molecule has 0 bridgehead atoms. The first kappa shape index (κ1) is 13.8. The number of aromatic nitrogens is 1. The number of nitrogens with one attached hydrogen (secondary N) is 1. The highest BCUT2D eigenvalue weighted by molar-refractivity contribution is 5.67. The maximum Gasteiger partial charge on any atom is 0.311 e. The van der Waals surface area contributed by atoms with E-state index in [2.05, 4.69) is 24.1 Å². The van der Waals surface area contributed by atoms with E-state index in [1.165, 1.54) is 17.7 Å². The van der Waals surface area contributed by atoms with Gasteiger partial charge in [-0.3, -0.25) is 10.1 Å². The van der Waals surface area contributed by atoms with Crippen LogP contribution in [0.3, 0.4) is 0 Å². The van der Waals surface area contributed by atoms with Crippen LogP contribution in [0.2, 0.25) is 0 Å². The van der Waals surface area contributed by atoms with Gasteiger partial charge in [-0.15, -0.1) is 0 Å². The summed E-state index contributed by atoms with van der Waals surface area (Å²) in [5, 5.41) is 13.9. The molecule has 0 atom stereocenters. The first-order valence-corrected chi connectivity index (χ1v) is 6.25. The maximum atomic E-state index is 11.0. The molecule has 2 rings (SSSR count). The van der Waals surface area contributed by atoms with Gasteiger partial charge < -0.3 is 11.1 Å². The minimum absolute atomic E-state index is 0.105. The molecule has 2 aromatic rings. The maximum absolute atomic E-state index is 11.0. The Balaban J connectivity index is 2.29. The Labute approximate surface area is 116 Å². The number of nitrogens with zero attached hydrogens (tertiary/aromatic N) is 2. The Bertz CT molecular complexity index is 624. The molecule has 0 spiro atoms. The number of rotatable bonds is 4. The van der Waals surface area contributed by atoms with Crippen LogP contribution in [0, 0.1) is 10.1 Å². The van der Waals surface area contributed by atoms with Crippen molar-refractivity contribution in [3.63, 3.8) is 0 Å². The van der Waals surface area contributed by atoms with Crippen molar-refractivity contribution in [2.75, 3.05) is 11.1 Å². The van der Waals surface area contributed by atoms with Crippen molar-refractivity contribution in [1.82, 2.24) is 4.98 Å². The molecule has 6 nitrogen and oxygen atoms in total. The van der Waals surface area contributed by atoms with E-state index >= 15 is 0 Å². The molecule has 1 heterocycles. The average Bonchev–Trinajstić information content (AvgIpc) is 2.39. The fourth-order valence-corrected chi connectivity index (χ4v) is 1.79. The molecule has 104 valence electrons. The Morgan fingerprint density at radius 3 is 2.40 bits per heavy atom. The third kappa shape index (κ3) is 3.03. The van der Waals surface area contributed by atoms with Crippen molar-refractivity contribution in [3.05, 3.63) is 52.1 Å². The molecule has 3 N–H and O–H groups in total. The third-order valence-electron chi connectivity index (χ3n) is 2.93. The zero-order chi connectivity index (χ0) is 14.7. The van der Waals surface area contributed by atoms with Crippen LogP contribution in [0.25, 0.3) is 0 Å². The normalized spacial score (nSPS) is 10.6. The monoisotopic (exact) mass is 272 g/mol. The van der Waals surface area contributed by atoms with Crippen molar-refractivity contribution >= 4 is 23.0 Å². The Kier molecular flexibility index (Phi) is 3.84. The zero-order valence-electron chi connectivity index (χ0n) is 11.3. The van der Waals surface area contributed by atoms with Gasteiger partial charge in [0.25, 0.3) is 0 Å². The number of anilines is 3. The van der Waals surface area contributed by atoms with Gasteiger partial charge in [-0.1, -0.05) is 26.0 Å². The molecule has 0 saturated heterocycles. The highest BCUT2D eigenvalue weighted by Crippen LogP contribution is 2.27. The highest BCUT2D eigenvalue weighted by Gasteiger charge is 2.15. The van der Waals surface area contributed by atoms with Crippen molar-refractivity contribution in [2.24, 2.45) is 0 Å². The van der Waals surface area contributed by atoms with Crippen LogP contribution in [-0.4, -0.2) is 9.91 Å². The zero-order valence-corrected chi connectivity index (χ0v) is 11.3. The minimum Gasteiger partial charge on any atom is -0.384 e. The number of nitro groups is 1. The van der Waals surface area contributed by atoms with Gasteiger partial charge in [0.05, 0.1) is 4.92 Å². The number of nitrogens with two attached hydrogens (primary N) is 1. The second-order valence-corrected chi connectivity index (χ2v) is 4.76. The summed E-state index contributed by atoms with van der Waals surface area (Å²) in [4.78, 5) is 14.4. The summed E-state index contributed by atoms with van der Waals surface area (Å²) in [5.41, 5.74) is 7.40. The van der Waals surface area contributed by atoms with E-state index in [4.69, 9.17) is 5.73 Å². The van der Waals surface area contributed by atoms with E-state index in [9.17, 15) is 10.1 Å². The summed E-state index contributed by atoms with van der Waals surface area (Å²) in [7, 11) is 0. The van der Waals surface area contributed by atoms with E-state index in [1.807, 2.05) is 24.3 Å². The molecule has 0 radical (unpaired) electrons. The van der Waals surface area contributed by atoms with E-state index in [1.54, 1.807) is 0 Å². The minimum atomic E-state index is -0.489. The van der Waals surface area contributed by atoms with Gasteiger partial charge in [-0.2, -0.15) is 0 Å². The molecule has 0 aliphatic carbocycles. The van der Waals surface area contributed by atoms with Gasteiger partial charge in [0.15, 0.2) is 0 Å². The molecule has 6 heteroatoms. The predicted molar refractivity (Wildman–Crippen MR) is 79.1 cm³/mol. The highest BCUT2D eigenvalue weighted by atomic mass is 16.6. The molecule has 0 unspecified atom stereocenters. The summed E-state index contributed by atoms with van der Waals surface area (Å²) in [5.74, 6) is 0.813. The van der Waals surface area contributed by atoms with E-state index < -0.39 is 4.92 Å². The Morgan fingerprint density at radius 1 is 1.20 bits per heavy atom. The van der Waals surface area contributed by atoms with Crippen LogP contribution in [-0.2, 0) is 0 Å². The number of hydrogen-bond acceptors (Lipinski definition) is 5. The fraction of sp³-hybridized carbons (Fsp3) is 0.214. The molecular weight excluding hydrogens is 256 g/mol. The topological polar surface area (TPSA) is 94.1 Å². The number of benzene rings is 1. The lowest BCUT2D eigenvalue weighted by atomic mass is 10.0. The van der Waals surface area contributed by atoms with Crippen LogP contribution in [0.5, 0.6) is 0 Å².